The zero-order valence-corrected chi connectivity index (χ0v) is 18.0. The number of aromatic amines is 1. The third-order valence-electron chi connectivity index (χ3n) is 6.01. The van der Waals surface area contributed by atoms with Crippen molar-refractivity contribution in [3.8, 4) is 17.1 Å². The van der Waals surface area contributed by atoms with Crippen LogP contribution < -0.4 is 4.90 Å². The topological polar surface area (TPSA) is 84.8 Å². The second-order valence-electron chi connectivity index (χ2n) is 8.06. The normalized spacial score (nSPS) is 14.5. The predicted molar refractivity (Wildman–Crippen MR) is 124 cm³/mol. The van der Waals surface area contributed by atoms with Crippen molar-refractivity contribution < 1.29 is 4.74 Å². The summed E-state index contributed by atoms with van der Waals surface area (Å²) in [4.78, 5) is 15.2. The van der Waals surface area contributed by atoms with E-state index in [0.717, 1.165) is 82.7 Å². The van der Waals surface area contributed by atoms with Crippen molar-refractivity contribution >= 4 is 27.6 Å². The summed E-state index contributed by atoms with van der Waals surface area (Å²) in [6.07, 6.45) is 1.86. The van der Waals surface area contributed by atoms with E-state index < -0.39 is 0 Å². The number of H-pyrrole nitrogens is 1. The molecule has 6 rings (SSSR count). The molecule has 0 saturated carbocycles. The summed E-state index contributed by atoms with van der Waals surface area (Å²) in [5.41, 5.74) is 6.04. The average molecular weight is 425 g/mol. The maximum Gasteiger partial charge on any atom is 0.163 e. The zero-order chi connectivity index (χ0) is 21.7. The summed E-state index contributed by atoms with van der Waals surface area (Å²) in [6, 6.07) is 14.6. The first kappa shape index (κ1) is 18.9. The number of anilines is 1. The van der Waals surface area contributed by atoms with Crippen LogP contribution in [0.15, 0.2) is 48.7 Å². The smallest absolute Gasteiger partial charge is 0.163 e. The molecule has 0 unspecified atom stereocenters. The number of rotatable bonds is 3. The molecule has 0 spiro atoms. The van der Waals surface area contributed by atoms with E-state index in [1.54, 1.807) is 0 Å². The Morgan fingerprint density at radius 1 is 1.00 bits per heavy atom. The van der Waals surface area contributed by atoms with Gasteiger partial charge < -0.3 is 14.6 Å². The van der Waals surface area contributed by atoms with Crippen LogP contribution in [0.3, 0.4) is 0 Å². The van der Waals surface area contributed by atoms with Crippen molar-refractivity contribution in [1.82, 2.24) is 29.7 Å². The molecule has 1 N–H and O–H groups in total. The van der Waals surface area contributed by atoms with Crippen molar-refractivity contribution in [2.75, 3.05) is 31.2 Å². The lowest BCUT2D eigenvalue weighted by atomic mass is 10.1. The monoisotopic (exact) mass is 425 g/mol. The van der Waals surface area contributed by atoms with Gasteiger partial charge in [-0.15, -0.1) is 10.2 Å². The van der Waals surface area contributed by atoms with Crippen molar-refractivity contribution in [2.45, 2.75) is 13.8 Å². The second kappa shape index (κ2) is 7.42. The first-order valence-corrected chi connectivity index (χ1v) is 10.8. The maximum absolute atomic E-state index is 5.58. The lowest BCUT2D eigenvalue weighted by molar-refractivity contribution is 0.122. The van der Waals surface area contributed by atoms with Gasteiger partial charge in [-0.25, -0.2) is 4.98 Å². The highest BCUT2D eigenvalue weighted by atomic mass is 16.5. The minimum Gasteiger partial charge on any atom is -0.378 e. The molecule has 1 aliphatic heterocycles. The molecule has 1 saturated heterocycles. The Hall–Kier alpha value is -3.78. The summed E-state index contributed by atoms with van der Waals surface area (Å²) in [5.74, 6) is 2.42. The van der Waals surface area contributed by atoms with Crippen LogP contribution in [-0.4, -0.2) is 56.0 Å². The predicted octanol–water partition coefficient (Wildman–Crippen LogP) is 3.81. The Bertz CT molecular complexity index is 1440. The molecule has 4 heterocycles. The quantitative estimate of drug-likeness (QED) is 0.473. The van der Waals surface area contributed by atoms with Gasteiger partial charge in [0.25, 0.3) is 0 Å². The molecule has 3 aromatic heterocycles. The third kappa shape index (κ3) is 3.03. The van der Waals surface area contributed by atoms with Gasteiger partial charge >= 0.3 is 0 Å². The van der Waals surface area contributed by atoms with E-state index in [1.165, 1.54) is 0 Å². The number of aromatic nitrogens is 6. The molecule has 8 heteroatoms. The minimum atomic E-state index is 0.724. The zero-order valence-electron chi connectivity index (χ0n) is 18.0. The molecule has 2 aromatic carbocycles. The number of hydrogen-bond donors (Lipinski definition) is 1. The molecular formula is C24H23N7O. The number of fused-ring (bicyclic) bond motifs is 2. The lowest BCUT2D eigenvalue weighted by Gasteiger charge is -2.29. The summed E-state index contributed by atoms with van der Waals surface area (Å²) in [6.45, 7) is 7.10. The number of nitrogens with zero attached hydrogens (tertiary/aromatic N) is 6. The Morgan fingerprint density at radius 2 is 1.84 bits per heavy atom. The number of benzene rings is 2. The molecule has 8 nitrogen and oxygen atoms in total. The Kier molecular flexibility index (Phi) is 4.39. The Labute approximate surface area is 184 Å². The van der Waals surface area contributed by atoms with Crippen LogP contribution in [0.2, 0.25) is 0 Å². The van der Waals surface area contributed by atoms with Crippen molar-refractivity contribution in [3.05, 3.63) is 60.3 Å². The van der Waals surface area contributed by atoms with Crippen LogP contribution in [0, 0.1) is 13.8 Å². The average Bonchev–Trinajstić information content (AvgIpc) is 3.41. The molecule has 160 valence electrons. The fourth-order valence-corrected chi connectivity index (χ4v) is 4.51. The number of nitrogens with one attached hydrogen (secondary N) is 1. The summed E-state index contributed by atoms with van der Waals surface area (Å²) in [7, 11) is 0. The van der Waals surface area contributed by atoms with Crippen LogP contribution in [0.1, 0.15) is 11.6 Å². The summed E-state index contributed by atoms with van der Waals surface area (Å²) < 4.78 is 7.80. The molecule has 0 atom stereocenters. The van der Waals surface area contributed by atoms with E-state index in [1.807, 2.05) is 38.2 Å². The number of morpholine rings is 1. The highest BCUT2D eigenvalue weighted by molar-refractivity contribution is 5.97. The fourth-order valence-electron chi connectivity index (χ4n) is 4.51. The molecule has 5 aromatic rings. The van der Waals surface area contributed by atoms with E-state index in [-0.39, 0.29) is 0 Å². The van der Waals surface area contributed by atoms with Gasteiger partial charge in [-0.05, 0) is 38.1 Å². The molecule has 0 aliphatic carbocycles. The number of imidazole rings is 1. The number of hydrogen-bond acceptors (Lipinski definition) is 6. The maximum atomic E-state index is 5.58. The number of aryl methyl sites for hydroxylation is 2. The van der Waals surface area contributed by atoms with E-state index in [9.17, 15) is 0 Å². The second-order valence-corrected chi connectivity index (χ2v) is 8.06. The first-order valence-electron chi connectivity index (χ1n) is 10.8. The number of para-hydroxylation sites is 1. The van der Waals surface area contributed by atoms with Gasteiger partial charge in [-0.1, -0.05) is 18.2 Å². The largest absolute Gasteiger partial charge is 0.378 e. The van der Waals surface area contributed by atoms with Gasteiger partial charge in [0.2, 0.25) is 0 Å². The van der Waals surface area contributed by atoms with E-state index in [4.69, 9.17) is 9.72 Å². The Morgan fingerprint density at radius 3 is 2.66 bits per heavy atom. The first-order chi connectivity index (χ1) is 15.7. The van der Waals surface area contributed by atoms with Gasteiger partial charge in [-0.3, -0.25) is 9.55 Å². The van der Waals surface area contributed by atoms with E-state index >= 15 is 0 Å². The fraction of sp³-hybridized carbons (Fsp3) is 0.250. The minimum absolute atomic E-state index is 0.724. The number of pyridine rings is 1. The number of ether oxygens (including phenoxy) is 1. The molecule has 0 amide bonds. The lowest BCUT2D eigenvalue weighted by Crippen LogP contribution is -2.36. The van der Waals surface area contributed by atoms with Crippen molar-refractivity contribution in [1.29, 1.82) is 0 Å². The Balaban J connectivity index is 1.65. The van der Waals surface area contributed by atoms with Crippen LogP contribution in [0.25, 0.3) is 39.0 Å². The van der Waals surface area contributed by atoms with Crippen LogP contribution in [0.5, 0.6) is 0 Å². The van der Waals surface area contributed by atoms with Gasteiger partial charge in [0.1, 0.15) is 17.2 Å². The molecule has 1 aliphatic rings. The highest BCUT2D eigenvalue weighted by Gasteiger charge is 2.21. The van der Waals surface area contributed by atoms with Crippen LogP contribution in [0.4, 0.5) is 5.69 Å². The molecule has 32 heavy (non-hydrogen) atoms. The van der Waals surface area contributed by atoms with Gasteiger partial charge in [0.05, 0.1) is 29.9 Å². The SMILES string of the molecule is Cc1nnc(-c2cc(N3CCOCC3)cc3c2nc(C)n3-c2ccnc3ccccc23)[nH]1. The van der Waals surface area contributed by atoms with Gasteiger partial charge in [0.15, 0.2) is 5.82 Å². The van der Waals surface area contributed by atoms with Crippen LogP contribution >= 0.6 is 0 Å². The summed E-state index contributed by atoms with van der Waals surface area (Å²) >= 11 is 0. The van der Waals surface area contributed by atoms with Crippen LogP contribution in [-0.2, 0) is 4.74 Å². The van der Waals surface area contributed by atoms with Crippen molar-refractivity contribution in [2.24, 2.45) is 0 Å². The molecular weight excluding hydrogens is 402 g/mol. The van der Waals surface area contributed by atoms with Gasteiger partial charge in [-0.2, -0.15) is 0 Å². The molecule has 0 bridgehead atoms. The molecule has 1 fully saturated rings. The standard InChI is InChI=1S/C24H23N7O/c1-15-26-24(29-28-15)19-13-17(30-9-11-32-12-10-30)14-22-23(19)27-16(2)31(22)21-7-8-25-20-6-4-3-5-18(20)21/h3-8,13-14H,9-12H2,1-2H3,(H,26,28,29). The van der Waals surface area contributed by atoms with E-state index in [2.05, 4.69) is 53.9 Å². The summed E-state index contributed by atoms with van der Waals surface area (Å²) in [5, 5.41) is 9.65. The molecule has 0 radical (unpaired) electrons. The van der Waals surface area contributed by atoms with Gasteiger partial charge in [0, 0.05) is 35.9 Å². The third-order valence-corrected chi connectivity index (χ3v) is 6.01. The highest BCUT2D eigenvalue weighted by Crippen LogP contribution is 2.35. The van der Waals surface area contributed by atoms with Crippen molar-refractivity contribution in [3.63, 3.8) is 0 Å². The van der Waals surface area contributed by atoms with E-state index in [0.29, 0.717) is 0 Å².